The summed E-state index contributed by atoms with van der Waals surface area (Å²) >= 11 is 3.30. The molecule has 25 N–H and O–H groups in total. The Balaban J connectivity index is 0.000000422. The van der Waals surface area contributed by atoms with E-state index in [0.717, 1.165) is 71.9 Å². The van der Waals surface area contributed by atoms with Crippen molar-refractivity contribution in [1.82, 2.24) is 10.3 Å². The van der Waals surface area contributed by atoms with E-state index in [1.165, 1.54) is 6.92 Å². The van der Waals surface area contributed by atoms with Crippen molar-refractivity contribution in [2.75, 3.05) is 89.0 Å². The number of nitrogens with two attached hydrogens (primary N) is 1. The van der Waals surface area contributed by atoms with Gasteiger partial charge in [-0.15, -0.1) is 11.3 Å². The Hall–Kier alpha value is -4.56. The summed E-state index contributed by atoms with van der Waals surface area (Å²) in [7, 11) is 0. The predicted molar refractivity (Wildman–Crippen MR) is 502 cm³/mol. The molecule has 24 heterocycles. The molecule has 0 radical (unpaired) electrons. The molecule has 146 heavy (non-hydrogen) atoms. The lowest BCUT2D eigenvalue weighted by molar-refractivity contribution is -0.395. The Labute approximate surface area is 855 Å². The van der Waals surface area contributed by atoms with Crippen LogP contribution in [0.5, 0.6) is 0 Å². The van der Waals surface area contributed by atoms with Crippen molar-refractivity contribution in [3.8, 4) is 0 Å². The molecule has 23 saturated heterocycles. The fraction of sp³-hybridized carbons (Fsp3) is 0.871. The number of ketones is 3. The van der Waals surface area contributed by atoms with Gasteiger partial charge in [0.25, 0.3) is 0 Å². The number of unbranched alkanes of at least 4 members (excludes halogenated alkanes) is 2. The number of nitrogens with zero attached hydrogens (tertiary/aromatic N) is 1. The number of nitrogens with one attached hydrogen (secondary N) is 1. The molecule has 0 saturated carbocycles. The zero-order chi connectivity index (χ0) is 107. The molecule has 838 valence electrons. The first-order chi connectivity index (χ1) is 69.2. The molecule has 1 aromatic rings. The molecule has 14 bridgehead atoms. The number of fused-ring (bicyclic) bond motifs is 1. The molecule has 23 aliphatic rings. The SMILES string of the molecule is C/C(=C\c1csc(C)n1)[C@@H]1C[C@@H]2O[C@]2(C)CCC[C@H](C)[C@H](OC(=O)CCCCCN)[C@@H](C)C(=O)C(C)(C)[C@@H](O)CC(=O)N1.CCC(CSCC1O[C@@H]2O[C@@H]3C(CO)O[C@H](O[C@@H]4C(CO)O[C@H](O[C@@H]5C(CO)O[C@H](O[C@@H]6C(CSCC(CC(=O)CCOCCOCCC(C)=O)C(=O)O)O[C@H](O[C@@H]7C(CO)O[C@H](O[C@@H]8C(CO)O[C@H](O[C@H]1[C@H](O)C2O)C(O)[C@H]8O)C(O)[C@H]7O)[C@@H](O)C6O)C(O)[C@H]5O)C(O)[C@H]4O)C(O)[C@H]3O)C(=O)O. The van der Waals surface area contributed by atoms with Gasteiger partial charge in [0, 0.05) is 60.5 Å². The van der Waals surface area contributed by atoms with E-state index in [1.807, 2.05) is 32.2 Å². The van der Waals surface area contributed by atoms with Gasteiger partial charge in [-0.3, -0.25) is 33.6 Å². The summed E-state index contributed by atoms with van der Waals surface area (Å²) in [5.41, 5.74) is 5.84. The maximum atomic E-state index is 13.9. The van der Waals surface area contributed by atoms with E-state index in [9.17, 15) is 146 Å². The van der Waals surface area contributed by atoms with Gasteiger partial charge in [0.05, 0.1) is 136 Å². The van der Waals surface area contributed by atoms with Gasteiger partial charge in [-0.25, -0.2) is 4.98 Å². The van der Waals surface area contributed by atoms with E-state index in [0.29, 0.717) is 19.4 Å². The van der Waals surface area contributed by atoms with Crippen molar-refractivity contribution >= 4 is 82.1 Å². The largest absolute Gasteiger partial charge is 0.481 e. The van der Waals surface area contributed by atoms with E-state index < -0.39 is 313 Å². The van der Waals surface area contributed by atoms with E-state index in [4.69, 9.17) is 91.0 Å². The molecule has 16 unspecified atom stereocenters. The van der Waals surface area contributed by atoms with Crippen molar-refractivity contribution in [3.05, 3.63) is 21.7 Å². The van der Waals surface area contributed by atoms with Crippen LogP contribution in [-0.4, -0.2) is 492 Å². The Morgan fingerprint density at radius 1 is 0.521 bits per heavy atom. The Bertz CT molecular complexity index is 4250. The second-order valence-electron chi connectivity index (χ2n) is 39.5. The number of esters is 1. The first kappa shape index (κ1) is 123. The lowest BCUT2D eigenvalue weighted by Crippen LogP contribution is -2.68. The third-order valence-corrected chi connectivity index (χ3v) is 31.4. The lowest BCUT2D eigenvalue weighted by Gasteiger charge is -2.50. The highest BCUT2D eigenvalue weighted by molar-refractivity contribution is 7.99. The van der Waals surface area contributed by atoms with Gasteiger partial charge in [0.2, 0.25) is 5.91 Å². The van der Waals surface area contributed by atoms with Crippen LogP contribution < -0.4 is 11.1 Å². The van der Waals surface area contributed by atoms with Crippen LogP contribution in [0.4, 0.5) is 0 Å². The van der Waals surface area contributed by atoms with Crippen LogP contribution >= 0.6 is 34.9 Å². The van der Waals surface area contributed by atoms with Gasteiger partial charge in [0.15, 0.2) is 44.0 Å². The highest BCUT2D eigenvalue weighted by Crippen LogP contribution is 2.47. The Morgan fingerprint density at radius 2 is 0.897 bits per heavy atom. The van der Waals surface area contributed by atoms with E-state index >= 15 is 0 Å². The number of carbonyl (C=O) groups excluding carboxylic acids is 5. The van der Waals surface area contributed by atoms with Crippen molar-refractivity contribution in [2.45, 2.75) is 391 Å². The molecular formula is C93H151N3O47S3. The summed E-state index contributed by atoms with van der Waals surface area (Å²) in [5.74, 6) is -8.35. The maximum absolute atomic E-state index is 13.9. The molecule has 53 heteroatoms. The quantitative estimate of drug-likeness (QED) is 0.0171. The summed E-state index contributed by atoms with van der Waals surface area (Å²) in [6.45, 7) is 11.5. The number of Topliss-reactive ketones (excluding diaryl/α,β-unsaturated/α-hetero) is 3. The summed E-state index contributed by atoms with van der Waals surface area (Å²) in [6.07, 6.45) is -67.1. The number of amides is 1. The zero-order valence-electron chi connectivity index (χ0n) is 82.9. The number of carboxylic acid groups (broad SMARTS) is 2. The molecule has 24 rings (SSSR count). The van der Waals surface area contributed by atoms with Gasteiger partial charge in [-0.1, -0.05) is 47.5 Å². The number of carbonyl (C=O) groups is 7. The summed E-state index contributed by atoms with van der Waals surface area (Å²) in [4.78, 5) is 93.3. The highest BCUT2D eigenvalue weighted by atomic mass is 32.2. The van der Waals surface area contributed by atoms with E-state index in [1.54, 1.807) is 39.0 Å². The minimum atomic E-state index is -2.31. The topological polar surface area (TPSA) is 785 Å². The average Bonchev–Trinajstić information content (AvgIpc) is 1.68. The number of aromatic nitrogens is 1. The minimum absolute atomic E-state index is 0.0226. The number of thioether (sulfide) groups is 2. The first-order valence-corrected chi connectivity index (χ1v) is 52.6. The van der Waals surface area contributed by atoms with Crippen molar-refractivity contribution in [3.63, 3.8) is 0 Å². The molecule has 44 atom stereocenters. The maximum Gasteiger partial charge on any atom is 0.307 e. The number of aliphatic carboxylic acids is 2. The number of aliphatic hydroxyl groups is 20. The van der Waals surface area contributed by atoms with Gasteiger partial charge >= 0.3 is 17.9 Å². The fourth-order valence-electron chi connectivity index (χ4n) is 18.9. The third-order valence-electron chi connectivity index (χ3n) is 28.2. The van der Waals surface area contributed by atoms with Crippen LogP contribution in [0.25, 0.3) is 6.08 Å². The van der Waals surface area contributed by atoms with Crippen LogP contribution in [0.1, 0.15) is 150 Å². The standard InChI is InChI=1S/C60H98O41S2.C33H53N3O6S/c1-3-21(52(82)83)16-102-18-29-50-36(73)43(80)59(93-29)98-48-27(14-64)89-55(39(76)32(48)69)95-45-24(11-61)88-54(38(75)31(45)68)96-46-26(13-63)92-58(42(79)35(46)72)101-51-30(19-103-17-22(53(84)85)10-23(67)5-7-87-9-8-86-6-4-20(2)66)94-60(44(81)37(51)74)99-49-28(15-65)90-56(40(77)33(49)70)97-47-25(12-62)91-57(100-50)41(78)34(47)71;1-20-12-11-14-33(7)27(42-33)17-25(21(2)16-24-19-43-23(4)35-24)36-28(38)18-26(37)32(5,6)31(40)22(3)30(20)41-29(39)13-9-8-10-15-34/h21-22,24-51,54-65,68-81H,3-19H2,1-2H3,(H,82,83)(H,84,85);16,19-20,22,25-27,30,37H,8-15,17-18,34H2,1-7H3,(H,36,38)/b;21-16+/t21?,22?,24?,25?,26?,27?,28?,29?,30?,31-,32-,33-,34-,35-,36-,37?,38?,39?,40?,41?,42?,43?,44+,45-,46-,47-,48-,49-,50-,51-,54-,55-,56-,57-,58-,59-,60-;20-,22+,25-,26-,27-,30-,33+/m10/s1. The molecule has 1 amide bonds. The van der Waals surface area contributed by atoms with E-state index in [-0.39, 0.29) is 123 Å². The molecule has 1 aromatic heterocycles. The molecule has 23 fully saturated rings. The molecule has 23 aliphatic heterocycles. The number of thiazole rings is 1. The molecule has 0 aromatic carbocycles. The minimum Gasteiger partial charge on any atom is -0.481 e. The molecule has 0 aliphatic carbocycles. The highest BCUT2D eigenvalue weighted by Gasteiger charge is 2.62. The van der Waals surface area contributed by atoms with Crippen LogP contribution in [0, 0.1) is 36.0 Å². The number of carboxylic acids is 2. The number of aliphatic hydroxyl groups excluding tert-OH is 20. The van der Waals surface area contributed by atoms with Crippen molar-refractivity contribution in [2.24, 2.45) is 34.8 Å². The smallest absolute Gasteiger partial charge is 0.307 e. The summed E-state index contributed by atoms with van der Waals surface area (Å²) in [5, 5.41) is 254. The summed E-state index contributed by atoms with van der Waals surface area (Å²) < 4.78 is 106. The first-order valence-electron chi connectivity index (χ1n) is 49.4. The van der Waals surface area contributed by atoms with Gasteiger partial charge < -0.3 is 209 Å². The number of aryl methyl sites for hydroxylation is 1. The Morgan fingerprint density at radius 3 is 1.25 bits per heavy atom. The average molecular weight is 2160 g/mol. The summed E-state index contributed by atoms with van der Waals surface area (Å²) in [6, 6.07) is -0.299. The van der Waals surface area contributed by atoms with Crippen molar-refractivity contribution < 1.29 is 231 Å². The zero-order valence-corrected chi connectivity index (χ0v) is 85.3. The fourth-order valence-corrected chi connectivity index (χ4v) is 22.0. The van der Waals surface area contributed by atoms with E-state index in [2.05, 4.69) is 17.2 Å². The monoisotopic (exact) mass is 2160 g/mol. The number of ether oxygens (including phenoxy) is 18. The van der Waals surface area contributed by atoms with Gasteiger partial charge in [0.1, 0.15) is 182 Å². The number of rotatable bonds is 35. The number of hydrogen-bond donors (Lipinski definition) is 24. The molecular weight excluding hydrogens is 2010 g/mol. The third kappa shape index (κ3) is 31.9. The normalized spacial score (nSPS) is 41.2. The van der Waals surface area contributed by atoms with Crippen LogP contribution in [0.15, 0.2) is 11.0 Å². The lowest BCUT2D eigenvalue weighted by atomic mass is 9.72. The molecule has 50 nitrogen and oxygen atoms in total. The van der Waals surface area contributed by atoms with Gasteiger partial charge in [-0.05, 0) is 83.9 Å². The van der Waals surface area contributed by atoms with Gasteiger partial charge in [-0.2, -0.15) is 23.5 Å². The van der Waals surface area contributed by atoms with Crippen LogP contribution in [0.3, 0.4) is 0 Å². The van der Waals surface area contributed by atoms with Crippen LogP contribution in [-0.2, 0) is 119 Å². The second-order valence-corrected chi connectivity index (χ2v) is 42.7. The predicted octanol–water partition coefficient (Wildman–Crippen LogP) is -6.46. The van der Waals surface area contributed by atoms with Crippen LogP contribution in [0.2, 0.25) is 0 Å². The molecule has 0 spiro atoms. The number of epoxide rings is 1. The van der Waals surface area contributed by atoms with Crippen molar-refractivity contribution in [1.29, 1.82) is 0 Å². The Kier molecular flexibility index (Phi) is 48.3. The second kappa shape index (κ2) is 57.2. The number of hydrogen-bond acceptors (Lipinski definition) is 50.